The molecule has 2 bridgehead atoms. The van der Waals surface area contributed by atoms with E-state index in [1.54, 1.807) is 40.2 Å². The van der Waals surface area contributed by atoms with Gasteiger partial charge in [0, 0.05) is 18.8 Å². The Balaban J connectivity index is 1.63. The molecule has 47 heavy (non-hydrogen) atoms. The summed E-state index contributed by atoms with van der Waals surface area (Å²) in [5, 5.41) is 11.0. The van der Waals surface area contributed by atoms with E-state index in [2.05, 4.69) is 13.2 Å². The molecule has 3 saturated heterocycles. The molecule has 1 spiro atoms. The third-order valence-corrected chi connectivity index (χ3v) is 10.4. The molecule has 6 atom stereocenters. The molecule has 3 heterocycles. The largest absolute Gasteiger partial charge is 0.494 e. The molecule has 2 aromatic rings. The summed E-state index contributed by atoms with van der Waals surface area (Å²) in [6.45, 7) is 17.7. The Morgan fingerprint density at radius 1 is 1.11 bits per heavy atom. The normalized spacial score (nSPS) is 26.7. The van der Waals surface area contributed by atoms with Crippen LogP contribution in [-0.4, -0.2) is 77.3 Å². The Hall–Kier alpha value is -3.66. The number of nitrogens with zero attached hydrogens (tertiary/aromatic N) is 3. The molecular weight excluding hydrogens is 618 g/mol. The van der Waals surface area contributed by atoms with E-state index in [1.165, 1.54) is 4.90 Å². The van der Waals surface area contributed by atoms with Gasteiger partial charge < -0.3 is 29.3 Å². The highest BCUT2D eigenvalue weighted by atomic mass is 35.5. The van der Waals surface area contributed by atoms with Gasteiger partial charge in [0.15, 0.2) is 0 Å². The SMILES string of the molecule is C=CCN(C(=O)[C@@H]1[C@H]2C(=O)N([C@@H](CO)C(C)C)C(C(=O)N(CC=C)c3c(C)cccc3Cl)C23CC[C@@]1(C)O3)c1ccc(OCC)cc1. The summed E-state index contributed by atoms with van der Waals surface area (Å²) in [7, 11) is 0. The van der Waals surface area contributed by atoms with Crippen LogP contribution in [-0.2, 0) is 19.1 Å². The average Bonchev–Trinajstić information content (AvgIpc) is 3.60. The van der Waals surface area contributed by atoms with Crippen molar-refractivity contribution in [2.75, 3.05) is 36.1 Å². The lowest BCUT2D eigenvalue weighted by Crippen LogP contribution is -2.60. The van der Waals surface area contributed by atoms with Gasteiger partial charge in [-0.15, -0.1) is 13.2 Å². The maximum absolute atomic E-state index is 15.0. The Labute approximate surface area is 282 Å². The standard InChI is InChI=1S/C37H46ClN3O6/c1-8-20-39(25-14-16-26(17-15-25)46-10-3)33(43)29-30-34(44)41(28(22-42)23(4)5)32(37(30)19-18-36(29,7)47-37)35(45)40(21-9-2)31-24(6)12-11-13-27(31)38/h8-9,11-17,23,28-30,32,42H,1-2,10,18-22H2,3-7H3/t28-,29-,30-,32?,36+,37?/m0/s1. The van der Waals surface area contributed by atoms with Crippen LogP contribution in [0.4, 0.5) is 11.4 Å². The molecule has 1 N–H and O–H groups in total. The third kappa shape index (κ3) is 5.66. The molecule has 9 nitrogen and oxygen atoms in total. The van der Waals surface area contributed by atoms with Crippen LogP contribution < -0.4 is 14.5 Å². The fourth-order valence-corrected chi connectivity index (χ4v) is 8.36. The Morgan fingerprint density at radius 2 is 1.77 bits per heavy atom. The minimum Gasteiger partial charge on any atom is -0.494 e. The number of anilines is 2. The minimum atomic E-state index is -1.29. The molecule has 0 radical (unpaired) electrons. The number of ether oxygens (including phenoxy) is 2. The van der Waals surface area contributed by atoms with Gasteiger partial charge in [-0.2, -0.15) is 0 Å². The van der Waals surface area contributed by atoms with Gasteiger partial charge in [0.2, 0.25) is 11.8 Å². The molecule has 0 aliphatic carbocycles. The molecule has 3 amide bonds. The molecule has 3 fully saturated rings. The van der Waals surface area contributed by atoms with Crippen molar-refractivity contribution in [2.45, 2.75) is 70.7 Å². The Bertz CT molecular complexity index is 1520. The first kappa shape index (κ1) is 34.7. The first-order valence-electron chi connectivity index (χ1n) is 16.4. The van der Waals surface area contributed by atoms with E-state index >= 15 is 4.79 Å². The predicted octanol–water partition coefficient (Wildman–Crippen LogP) is 5.57. The molecule has 3 aliphatic heterocycles. The van der Waals surface area contributed by atoms with Crippen molar-refractivity contribution in [3.8, 4) is 5.75 Å². The van der Waals surface area contributed by atoms with Gasteiger partial charge >= 0.3 is 0 Å². The molecule has 2 aromatic carbocycles. The first-order valence-corrected chi connectivity index (χ1v) is 16.7. The van der Waals surface area contributed by atoms with Crippen LogP contribution in [0.15, 0.2) is 67.8 Å². The van der Waals surface area contributed by atoms with Gasteiger partial charge in [0.25, 0.3) is 5.91 Å². The van der Waals surface area contributed by atoms with Crippen LogP contribution in [0.25, 0.3) is 0 Å². The minimum absolute atomic E-state index is 0.138. The number of benzene rings is 2. The van der Waals surface area contributed by atoms with Gasteiger partial charge in [-0.25, -0.2) is 0 Å². The van der Waals surface area contributed by atoms with Crippen molar-refractivity contribution in [2.24, 2.45) is 17.8 Å². The number of amides is 3. The number of halogens is 1. The van der Waals surface area contributed by atoms with Crippen LogP contribution in [0.3, 0.4) is 0 Å². The van der Waals surface area contributed by atoms with Gasteiger partial charge in [-0.05, 0) is 75.4 Å². The fourth-order valence-electron chi connectivity index (χ4n) is 8.04. The van der Waals surface area contributed by atoms with E-state index in [-0.39, 0.29) is 43.3 Å². The molecule has 0 aromatic heterocycles. The quantitative estimate of drug-likeness (QED) is 0.282. The molecule has 3 aliphatic rings. The summed E-state index contributed by atoms with van der Waals surface area (Å²) in [4.78, 5) is 49.3. The molecule has 5 rings (SSSR count). The Kier molecular flexibility index (Phi) is 9.92. The lowest BCUT2D eigenvalue weighted by Gasteiger charge is -2.41. The number of hydrogen-bond acceptors (Lipinski definition) is 6. The topological polar surface area (TPSA) is 99.6 Å². The van der Waals surface area contributed by atoms with Crippen molar-refractivity contribution >= 4 is 40.7 Å². The van der Waals surface area contributed by atoms with Crippen LogP contribution in [0.5, 0.6) is 5.75 Å². The zero-order valence-corrected chi connectivity index (χ0v) is 28.7. The van der Waals surface area contributed by atoms with Gasteiger partial charge in [-0.1, -0.05) is 49.7 Å². The summed E-state index contributed by atoms with van der Waals surface area (Å²) in [5.41, 5.74) is -0.347. The number of rotatable bonds is 13. The first-order chi connectivity index (χ1) is 22.4. The monoisotopic (exact) mass is 663 g/mol. The summed E-state index contributed by atoms with van der Waals surface area (Å²) in [6, 6.07) is 10.9. The maximum Gasteiger partial charge on any atom is 0.253 e. The second-order valence-corrected chi connectivity index (χ2v) is 13.7. The van der Waals surface area contributed by atoms with Gasteiger partial charge in [-0.3, -0.25) is 14.4 Å². The van der Waals surface area contributed by atoms with E-state index in [0.29, 0.717) is 41.6 Å². The number of carbonyl (C=O) groups is 3. The van der Waals surface area contributed by atoms with E-state index in [0.717, 1.165) is 5.56 Å². The van der Waals surface area contributed by atoms with Crippen molar-refractivity contribution in [3.63, 3.8) is 0 Å². The summed E-state index contributed by atoms with van der Waals surface area (Å²) in [5.74, 6) is -2.35. The van der Waals surface area contributed by atoms with E-state index in [9.17, 15) is 14.7 Å². The number of carbonyl (C=O) groups excluding carboxylic acids is 3. The zero-order chi connectivity index (χ0) is 34.3. The van der Waals surface area contributed by atoms with E-state index in [1.807, 2.05) is 58.9 Å². The lowest BCUT2D eigenvalue weighted by atomic mass is 9.66. The molecular formula is C37H46ClN3O6. The summed E-state index contributed by atoms with van der Waals surface area (Å²) in [6.07, 6.45) is 4.15. The average molecular weight is 664 g/mol. The molecule has 252 valence electrons. The van der Waals surface area contributed by atoms with Gasteiger partial charge in [0.1, 0.15) is 17.4 Å². The van der Waals surface area contributed by atoms with Crippen molar-refractivity contribution in [1.82, 2.24) is 4.90 Å². The third-order valence-electron chi connectivity index (χ3n) is 10.1. The number of fused-ring (bicyclic) bond motifs is 1. The summed E-state index contributed by atoms with van der Waals surface area (Å²) < 4.78 is 12.5. The number of likely N-dealkylation sites (tertiary alicyclic amines) is 1. The smallest absolute Gasteiger partial charge is 0.253 e. The highest BCUT2D eigenvalue weighted by Crippen LogP contribution is 2.64. The van der Waals surface area contributed by atoms with E-state index in [4.69, 9.17) is 21.1 Å². The number of aryl methyl sites for hydroxylation is 1. The van der Waals surface area contributed by atoms with Gasteiger partial charge in [0.05, 0.1) is 47.4 Å². The summed E-state index contributed by atoms with van der Waals surface area (Å²) >= 11 is 6.69. The predicted molar refractivity (Wildman–Crippen MR) is 184 cm³/mol. The van der Waals surface area contributed by atoms with Crippen LogP contribution in [0.2, 0.25) is 5.02 Å². The molecule has 2 unspecified atom stereocenters. The van der Waals surface area contributed by atoms with Crippen molar-refractivity contribution in [3.05, 3.63) is 78.4 Å². The second-order valence-electron chi connectivity index (χ2n) is 13.3. The highest BCUT2D eigenvalue weighted by molar-refractivity contribution is 6.34. The van der Waals surface area contributed by atoms with E-state index < -0.39 is 35.1 Å². The number of aliphatic hydroxyl groups excluding tert-OH is 1. The van der Waals surface area contributed by atoms with Crippen molar-refractivity contribution in [1.29, 1.82) is 0 Å². The van der Waals surface area contributed by atoms with Crippen LogP contribution >= 0.6 is 11.6 Å². The number of hydrogen-bond donors (Lipinski definition) is 1. The van der Waals surface area contributed by atoms with Crippen LogP contribution in [0, 0.1) is 24.7 Å². The van der Waals surface area contributed by atoms with Crippen LogP contribution in [0.1, 0.15) is 46.1 Å². The van der Waals surface area contributed by atoms with Crippen molar-refractivity contribution < 1.29 is 29.0 Å². The lowest BCUT2D eigenvalue weighted by molar-refractivity contribution is -0.149. The molecule has 0 saturated carbocycles. The molecule has 10 heteroatoms. The number of para-hydroxylation sites is 1. The highest BCUT2D eigenvalue weighted by Gasteiger charge is 2.79. The Morgan fingerprint density at radius 3 is 2.34 bits per heavy atom. The second kappa shape index (κ2) is 13.5. The zero-order valence-electron chi connectivity index (χ0n) is 27.9. The fraction of sp³-hybridized carbons (Fsp3) is 0.486. The maximum atomic E-state index is 15.0. The number of aliphatic hydroxyl groups is 1.